The molecule has 0 unspecified atom stereocenters. The van der Waals surface area contributed by atoms with Gasteiger partial charge in [0.1, 0.15) is 5.75 Å². The number of benzene rings is 1. The minimum atomic E-state index is 0.0688. The molecule has 0 atom stereocenters. The van der Waals surface area contributed by atoms with Gasteiger partial charge in [-0.25, -0.2) is 0 Å². The summed E-state index contributed by atoms with van der Waals surface area (Å²) >= 11 is 0. The number of hydrogen-bond donors (Lipinski definition) is 1. The Hall–Kier alpha value is -1.55. The van der Waals surface area contributed by atoms with Gasteiger partial charge in [0, 0.05) is 25.3 Å². The molecule has 24 heavy (non-hydrogen) atoms. The molecule has 0 heterocycles. The molecule has 1 amide bonds. The standard InChI is InChI=1S/C20H29NO3/c1-21(17-11-9-15(14-22)10-12-17)20(23)16-5-4-8-19(13-16)24-18-6-2-3-7-18/h4-5,8,13,15,17-18,22H,2-3,6-7,9-12,14H2,1H3. The van der Waals surface area contributed by atoms with E-state index in [1.165, 1.54) is 12.8 Å². The van der Waals surface area contributed by atoms with Crippen LogP contribution in [0.5, 0.6) is 5.75 Å². The minimum absolute atomic E-state index is 0.0688. The maximum Gasteiger partial charge on any atom is 0.253 e. The predicted molar refractivity (Wildman–Crippen MR) is 94.3 cm³/mol. The van der Waals surface area contributed by atoms with Gasteiger partial charge >= 0.3 is 0 Å². The smallest absolute Gasteiger partial charge is 0.253 e. The average Bonchev–Trinajstić information content (AvgIpc) is 3.14. The molecule has 0 bridgehead atoms. The monoisotopic (exact) mass is 331 g/mol. The summed E-state index contributed by atoms with van der Waals surface area (Å²) in [4.78, 5) is 14.7. The molecule has 0 saturated heterocycles. The van der Waals surface area contributed by atoms with Crippen LogP contribution in [0.3, 0.4) is 0 Å². The quantitative estimate of drug-likeness (QED) is 0.896. The molecule has 4 heteroatoms. The molecule has 2 aliphatic carbocycles. The highest BCUT2D eigenvalue weighted by molar-refractivity contribution is 5.94. The van der Waals surface area contributed by atoms with Gasteiger partial charge in [0.05, 0.1) is 6.10 Å². The lowest BCUT2D eigenvalue weighted by atomic mass is 9.86. The highest BCUT2D eigenvalue weighted by Crippen LogP contribution is 2.28. The van der Waals surface area contributed by atoms with Crippen LogP contribution in [0.25, 0.3) is 0 Å². The van der Waals surface area contributed by atoms with E-state index in [0.29, 0.717) is 17.6 Å². The molecule has 0 aromatic heterocycles. The molecule has 3 rings (SSSR count). The van der Waals surface area contributed by atoms with E-state index >= 15 is 0 Å². The fraction of sp³-hybridized carbons (Fsp3) is 0.650. The molecule has 1 aromatic carbocycles. The molecule has 4 nitrogen and oxygen atoms in total. The highest BCUT2D eigenvalue weighted by Gasteiger charge is 2.27. The first-order chi connectivity index (χ1) is 11.7. The van der Waals surface area contributed by atoms with Crippen molar-refractivity contribution in [1.82, 2.24) is 4.90 Å². The number of carbonyl (C=O) groups excluding carboxylic acids is 1. The van der Waals surface area contributed by atoms with E-state index in [0.717, 1.165) is 44.3 Å². The van der Waals surface area contributed by atoms with Crippen LogP contribution in [0, 0.1) is 5.92 Å². The van der Waals surface area contributed by atoms with Crippen molar-refractivity contribution in [3.8, 4) is 5.75 Å². The summed E-state index contributed by atoms with van der Waals surface area (Å²) in [5.41, 5.74) is 0.706. The van der Waals surface area contributed by atoms with Crippen LogP contribution >= 0.6 is 0 Å². The Kier molecular flexibility index (Phi) is 5.77. The van der Waals surface area contributed by atoms with Gasteiger partial charge in [-0.3, -0.25) is 4.79 Å². The molecule has 1 N–H and O–H groups in total. The van der Waals surface area contributed by atoms with Gasteiger partial charge < -0.3 is 14.7 Å². The van der Waals surface area contributed by atoms with E-state index in [2.05, 4.69) is 0 Å². The van der Waals surface area contributed by atoms with Crippen molar-refractivity contribution in [3.05, 3.63) is 29.8 Å². The van der Waals surface area contributed by atoms with Gasteiger partial charge in [-0.15, -0.1) is 0 Å². The van der Waals surface area contributed by atoms with Gasteiger partial charge in [0.25, 0.3) is 5.91 Å². The van der Waals surface area contributed by atoms with Crippen molar-refractivity contribution in [2.24, 2.45) is 5.92 Å². The summed E-state index contributed by atoms with van der Waals surface area (Å²) in [6.45, 7) is 0.269. The topological polar surface area (TPSA) is 49.8 Å². The fourth-order valence-electron chi connectivity index (χ4n) is 3.99. The molecule has 132 valence electrons. The maximum atomic E-state index is 12.8. The predicted octanol–water partition coefficient (Wildman–Crippen LogP) is 3.63. The van der Waals surface area contributed by atoms with E-state index in [1.807, 2.05) is 36.2 Å². The Morgan fingerprint density at radius 1 is 1.17 bits per heavy atom. The van der Waals surface area contributed by atoms with E-state index in [-0.39, 0.29) is 18.6 Å². The summed E-state index contributed by atoms with van der Waals surface area (Å²) in [7, 11) is 1.90. The Morgan fingerprint density at radius 3 is 2.54 bits per heavy atom. The van der Waals surface area contributed by atoms with Gasteiger partial charge in [0.2, 0.25) is 0 Å². The van der Waals surface area contributed by atoms with Crippen LogP contribution in [0.4, 0.5) is 0 Å². The third-order valence-electron chi connectivity index (χ3n) is 5.63. The molecule has 0 aliphatic heterocycles. The molecule has 2 saturated carbocycles. The fourth-order valence-corrected chi connectivity index (χ4v) is 3.99. The number of amides is 1. The van der Waals surface area contributed by atoms with Crippen LogP contribution in [0.15, 0.2) is 24.3 Å². The third kappa shape index (κ3) is 4.10. The van der Waals surface area contributed by atoms with Crippen LogP contribution < -0.4 is 4.74 Å². The van der Waals surface area contributed by atoms with Crippen molar-refractivity contribution in [2.45, 2.75) is 63.5 Å². The molecule has 0 spiro atoms. The van der Waals surface area contributed by atoms with E-state index in [4.69, 9.17) is 4.74 Å². The lowest BCUT2D eigenvalue weighted by Crippen LogP contribution is -2.39. The van der Waals surface area contributed by atoms with E-state index in [9.17, 15) is 9.90 Å². The van der Waals surface area contributed by atoms with Gasteiger partial charge in [-0.05, 0) is 75.5 Å². The third-order valence-corrected chi connectivity index (χ3v) is 5.63. The minimum Gasteiger partial charge on any atom is -0.490 e. The number of rotatable bonds is 5. The molecule has 0 radical (unpaired) electrons. The zero-order valence-electron chi connectivity index (χ0n) is 14.6. The SMILES string of the molecule is CN(C(=O)c1cccc(OC2CCCC2)c1)C1CCC(CO)CC1. The Balaban J connectivity index is 1.61. The second-order valence-electron chi connectivity index (χ2n) is 7.33. The number of ether oxygens (including phenoxy) is 1. The van der Waals surface area contributed by atoms with Crippen molar-refractivity contribution in [1.29, 1.82) is 0 Å². The maximum absolute atomic E-state index is 12.8. The summed E-state index contributed by atoms with van der Waals surface area (Å²) < 4.78 is 6.02. The second kappa shape index (κ2) is 8.02. The Labute approximate surface area is 144 Å². The summed E-state index contributed by atoms with van der Waals surface area (Å²) in [5, 5.41) is 9.26. The highest BCUT2D eigenvalue weighted by atomic mass is 16.5. The van der Waals surface area contributed by atoms with Crippen LogP contribution in [0.1, 0.15) is 61.7 Å². The average molecular weight is 331 g/mol. The van der Waals surface area contributed by atoms with Crippen molar-refractivity contribution in [2.75, 3.05) is 13.7 Å². The molecular weight excluding hydrogens is 302 g/mol. The zero-order chi connectivity index (χ0) is 16.9. The first kappa shape index (κ1) is 17.3. The van der Waals surface area contributed by atoms with Gasteiger partial charge in [0.15, 0.2) is 0 Å². The molecule has 2 aliphatic rings. The molecular formula is C20H29NO3. The molecule has 1 aromatic rings. The van der Waals surface area contributed by atoms with Crippen LogP contribution in [-0.2, 0) is 0 Å². The van der Waals surface area contributed by atoms with Crippen LogP contribution in [0.2, 0.25) is 0 Å². The largest absolute Gasteiger partial charge is 0.490 e. The van der Waals surface area contributed by atoms with Crippen LogP contribution in [-0.4, -0.2) is 41.7 Å². The number of aliphatic hydroxyl groups is 1. The lowest BCUT2D eigenvalue weighted by Gasteiger charge is -2.34. The zero-order valence-corrected chi connectivity index (χ0v) is 14.6. The summed E-state index contributed by atoms with van der Waals surface area (Å²) in [5.74, 6) is 1.29. The number of hydrogen-bond acceptors (Lipinski definition) is 3. The first-order valence-electron chi connectivity index (χ1n) is 9.32. The van der Waals surface area contributed by atoms with Crippen molar-refractivity contribution in [3.63, 3.8) is 0 Å². The first-order valence-corrected chi connectivity index (χ1v) is 9.32. The van der Waals surface area contributed by atoms with E-state index in [1.54, 1.807) is 0 Å². The molecule has 2 fully saturated rings. The normalized spacial score (nSPS) is 24.8. The van der Waals surface area contributed by atoms with Gasteiger partial charge in [-0.1, -0.05) is 6.07 Å². The van der Waals surface area contributed by atoms with Crippen molar-refractivity contribution >= 4 is 5.91 Å². The number of aliphatic hydroxyl groups excluding tert-OH is 1. The summed E-state index contributed by atoms with van der Waals surface area (Å²) in [6, 6.07) is 7.89. The second-order valence-corrected chi connectivity index (χ2v) is 7.33. The number of nitrogens with zero attached hydrogens (tertiary/aromatic N) is 1. The van der Waals surface area contributed by atoms with Crippen molar-refractivity contribution < 1.29 is 14.6 Å². The lowest BCUT2D eigenvalue weighted by molar-refractivity contribution is 0.0652. The Morgan fingerprint density at radius 2 is 1.88 bits per heavy atom. The Bertz CT molecular complexity index is 546. The summed E-state index contributed by atoms with van der Waals surface area (Å²) in [6.07, 6.45) is 8.98. The number of carbonyl (C=O) groups is 1. The van der Waals surface area contributed by atoms with Gasteiger partial charge in [-0.2, -0.15) is 0 Å². The van der Waals surface area contributed by atoms with E-state index < -0.39 is 0 Å².